The second kappa shape index (κ2) is 6.31. The molecule has 114 valence electrons. The van der Waals surface area contributed by atoms with Gasteiger partial charge in [0, 0.05) is 6.20 Å². The Morgan fingerprint density at radius 2 is 1.73 bits per heavy atom. The summed E-state index contributed by atoms with van der Waals surface area (Å²) in [6, 6.07) is 12.8. The molecule has 2 rings (SSSR count). The van der Waals surface area contributed by atoms with E-state index >= 15 is 0 Å². The first-order valence-corrected chi connectivity index (χ1v) is 7.68. The molecule has 2 aromatic rings. The number of aromatic nitrogens is 1. The molecule has 0 saturated carbocycles. The van der Waals surface area contributed by atoms with E-state index in [1.165, 1.54) is 11.1 Å². The standard InChI is InChI=1S/C21H25N/c1-15-11-12-22-20(13-15)17(3)14-16(2)18-7-9-19(10-8-18)21(4,5)6/h7-14H,2H2,1,3-6H3/b17-14+. The minimum absolute atomic E-state index is 0.178. The summed E-state index contributed by atoms with van der Waals surface area (Å²) in [6.45, 7) is 15.0. The van der Waals surface area contributed by atoms with Crippen LogP contribution in [0.4, 0.5) is 0 Å². The van der Waals surface area contributed by atoms with Gasteiger partial charge in [0.05, 0.1) is 5.69 Å². The molecular weight excluding hydrogens is 266 g/mol. The van der Waals surface area contributed by atoms with Crippen LogP contribution in [0.2, 0.25) is 0 Å². The van der Waals surface area contributed by atoms with Gasteiger partial charge in [-0.2, -0.15) is 0 Å². The highest BCUT2D eigenvalue weighted by Gasteiger charge is 2.13. The van der Waals surface area contributed by atoms with Crippen molar-refractivity contribution in [1.29, 1.82) is 0 Å². The smallest absolute Gasteiger partial charge is 0.0661 e. The zero-order chi connectivity index (χ0) is 16.3. The first-order valence-electron chi connectivity index (χ1n) is 7.68. The van der Waals surface area contributed by atoms with Gasteiger partial charge < -0.3 is 0 Å². The van der Waals surface area contributed by atoms with Gasteiger partial charge in [-0.15, -0.1) is 0 Å². The largest absolute Gasteiger partial charge is 0.257 e. The molecule has 0 amide bonds. The van der Waals surface area contributed by atoms with Gasteiger partial charge in [0.2, 0.25) is 0 Å². The number of hydrogen-bond donors (Lipinski definition) is 0. The van der Waals surface area contributed by atoms with Crippen molar-refractivity contribution >= 4 is 11.1 Å². The summed E-state index contributed by atoms with van der Waals surface area (Å²) in [6.07, 6.45) is 3.96. The Morgan fingerprint density at radius 1 is 1.09 bits per heavy atom. The molecule has 1 heterocycles. The van der Waals surface area contributed by atoms with Crippen molar-refractivity contribution in [2.24, 2.45) is 0 Å². The van der Waals surface area contributed by atoms with Gasteiger partial charge in [0.1, 0.15) is 0 Å². The molecule has 0 bridgehead atoms. The van der Waals surface area contributed by atoms with Gasteiger partial charge in [-0.1, -0.05) is 51.6 Å². The molecule has 0 aliphatic carbocycles. The molecule has 0 aliphatic rings. The third-order valence-corrected chi connectivity index (χ3v) is 3.83. The molecular formula is C21H25N. The molecule has 1 heteroatoms. The summed E-state index contributed by atoms with van der Waals surface area (Å²) in [5.74, 6) is 0. The molecule has 0 fully saturated rings. The lowest BCUT2D eigenvalue weighted by Crippen LogP contribution is -2.10. The topological polar surface area (TPSA) is 12.9 Å². The fraction of sp³-hybridized carbons (Fsp3) is 0.286. The quantitative estimate of drug-likeness (QED) is 0.651. The molecule has 0 N–H and O–H groups in total. The van der Waals surface area contributed by atoms with Crippen molar-refractivity contribution in [1.82, 2.24) is 4.98 Å². The van der Waals surface area contributed by atoms with E-state index in [2.05, 4.69) is 82.6 Å². The van der Waals surface area contributed by atoms with E-state index in [0.717, 1.165) is 22.4 Å². The first kappa shape index (κ1) is 16.2. The maximum Gasteiger partial charge on any atom is 0.0661 e. The van der Waals surface area contributed by atoms with E-state index in [-0.39, 0.29) is 5.41 Å². The van der Waals surface area contributed by atoms with Crippen molar-refractivity contribution in [3.8, 4) is 0 Å². The van der Waals surface area contributed by atoms with Crippen LogP contribution in [-0.4, -0.2) is 4.98 Å². The monoisotopic (exact) mass is 291 g/mol. The summed E-state index contributed by atoms with van der Waals surface area (Å²) in [5.41, 5.74) is 7.04. The van der Waals surface area contributed by atoms with E-state index < -0.39 is 0 Å². The van der Waals surface area contributed by atoms with Crippen LogP contribution in [0, 0.1) is 6.92 Å². The minimum atomic E-state index is 0.178. The van der Waals surface area contributed by atoms with E-state index in [1.807, 2.05) is 12.3 Å². The van der Waals surface area contributed by atoms with Gasteiger partial charge >= 0.3 is 0 Å². The van der Waals surface area contributed by atoms with Gasteiger partial charge in [0.25, 0.3) is 0 Å². The Bertz CT molecular complexity index is 697. The maximum atomic E-state index is 4.42. The van der Waals surface area contributed by atoms with Gasteiger partial charge in [-0.05, 0) is 65.3 Å². The molecule has 0 radical (unpaired) electrons. The van der Waals surface area contributed by atoms with Crippen molar-refractivity contribution < 1.29 is 0 Å². The molecule has 0 aliphatic heterocycles. The lowest BCUT2D eigenvalue weighted by Gasteiger charge is -2.19. The molecule has 0 spiro atoms. The lowest BCUT2D eigenvalue weighted by atomic mass is 9.86. The summed E-state index contributed by atoms with van der Waals surface area (Å²) in [7, 11) is 0. The lowest BCUT2D eigenvalue weighted by molar-refractivity contribution is 0.590. The van der Waals surface area contributed by atoms with E-state index in [1.54, 1.807) is 0 Å². The van der Waals surface area contributed by atoms with Crippen LogP contribution in [0.3, 0.4) is 0 Å². The number of pyridine rings is 1. The second-order valence-corrected chi connectivity index (χ2v) is 6.90. The fourth-order valence-electron chi connectivity index (χ4n) is 2.35. The van der Waals surface area contributed by atoms with E-state index in [4.69, 9.17) is 0 Å². The van der Waals surface area contributed by atoms with Gasteiger partial charge in [-0.25, -0.2) is 0 Å². The van der Waals surface area contributed by atoms with Crippen LogP contribution in [0.25, 0.3) is 11.1 Å². The van der Waals surface area contributed by atoms with Crippen LogP contribution in [0.5, 0.6) is 0 Å². The zero-order valence-corrected chi connectivity index (χ0v) is 14.3. The van der Waals surface area contributed by atoms with Crippen LogP contribution in [-0.2, 0) is 5.41 Å². The van der Waals surface area contributed by atoms with Crippen LogP contribution in [0.15, 0.2) is 55.3 Å². The number of allylic oxidation sites excluding steroid dienone is 3. The van der Waals surface area contributed by atoms with Crippen LogP contribution >= 0.6 is 0 Å². The normalized spacial score (nSPS) is 12.3. The first-order chi connectivity index (χ1) is 10.3. The second-order valence-electron chi connectivity index (χ2n) is 6.90. The average Bonchev–Trinajstić information content (AvgIpc) is 2.46. The number of nitrogens with zero attached hydrogens (tertiary/aromatic N) is 1. The number of benzene rings is 1. The average molecular weight is 291 g/mol. The van der Waals surface area contributed by atoms with Crippen LogP contribution < -0.4 is 0 Å². The summed E-state index contributed by atoms with van der Waals surface area (Å²) >= 11 is 0. The SMILES string of the molecule is C=C(/C=C(\C)c1cc(C)ccn1)c1ccc(C(C)(C)C)cc1. The third-order valence-electron chi connectivity index (χ3n) is 3.83. The van der Waals surface area contributed by atoms with E-state index in [0.29, 0.717) is 0 Å². The van der Waals surface area contributed by atoms with Crippen molar-refractivity contribution in [2.45, 2.75) is 40.0 Å². The van der Waals surface area contributed by atoms with Gasteiger partial charge in [0.15, 0.2) is 0 Å². The Hall–Kier alpha value is -2.15. The Morgan fingerprint density at radius 3 is 2.27 bits per heavy atom. The zero-order valence-electron chi connectivity index (χ0n) is 14.3. The molecule has 0 atom stereocenters. The molecule has 1 aromatic carbocycles. The number of rotatable bonds is 3. The van der Waals surface area contributed by atoms with Gasteiger partial charge in [-0.3, -0.25) is 4.98 Å². The minimum Gasteiger partial charge on any atom is -0.257 e. The van der Waals surface area contributed by atoms with Crippen molar-refractivity contribution in [3.63, 3.8) is 0 Å². The molecule has 0 unspecified atom stereocenters. The predicted octanol–water partition coefficient (Wildman–Crippen LogP) is 5.80. The van der Waals surface area contributed by atoms with Crippen LogP contribution in [0.1, 0.15) is 50.1 Å². The Labute approximate surface area is 134 Å². The summed E-state index contributed by atoms with van der Waals surface area (Å²) < 4.78 is 0. The highest BCUT2D eigenvalue weighted by molar-refractivity contribution is 5.81. The van der Waals surface area contributed by atoms with Crippen molar-refractivity contribution in [2.75, 3.05) is 0 Å². The molecule has 22 heavy (non-hydrogen) atoms. The highest BCUT2D eigenvalue weighted by Crippen LogP contribution is 2.25. The Balaban J connectivity index is 2.23. The number of hydrogen-bond acceptors (Lipinski definition) is 1. The Kier molecular flexibility index (Phi) is 4.65. The summed E-state index contributed by atoms with van der Waals surface area (Å²) in [4.78, 5) is 4.42. The molecule has 1 nitrogen and oxygen atoms in total. The summed E-state index contributed by atoms with van der Waals surface area (Å²) in [5, 5.41) is 0. The molecule has 0 saturated heterocycles. The number of aryl methyl sites for hydroxylation is 1. The third kappa shape index (κ3) is 3.94. The maximum absolute atomic E-state index is 4.42. The fourth-order valence-corrected chi connectivity index (χ4v) is 2.35. The molecule has 1 aromatic heterocycles. The van der Waals surface area contributed by atoms with E-state index in [9.17, 15) is 0 Å². The van der Waals surface area contributed by atoms with Crippen molar-refractivity contribution in [3.05, 3.63) is 77.6 Å². The highest BCUT2D eigenvalue weighted by atomic mass is 14.7. The predicted molar refractivity (Wildman–Crippen MR) is 96.8 cm³/mol.